The summed E-state index contributed by atoms with van der Waals surface area (Å²) in [4.78, 5) is 22.9. The predicted octanol–water partition coefficient (Wildman–Crippen LogP) is 0.719. The Kier molecular flexibility index (Phi) is 2.01. The lowest BCUT2D eigenvalue weighted by Gasteiger charge is -2.00. The maximum Gasteiger partial charge on any atom is 0.277 e. The Labute approximate surface area is 96.0 Å². The van der Waals surface area contributed by atoms with Crippen LogP contribution in [0.15, 0.2) is 35.5 Å². The maximum absolute atomic E-state index is 11.9. The van der Waals surface area contributed by atoms with Gasteiger partial charge >= 0.3 is 0 Å². The van der Waals surface area contributed by atoms with E-state index in [2.05, 4.69) is 20.1 Å². The summed E-state index contributed by atoms with van der Waals surface area (Å²) in [6.45, 7) is 0. The van der Waals surface area contributed by atoms with Crippen molar-refractivity contribution in [2.45, 2.75) is 0 Å². The van der Waals surface area contributed by atoms with E-state index in [0.29, 0.717) is 16.9 Å². The summed E-state index contributed by atoms with van der Waals surface area (Å²) in [5.41, 5.74) is 1.62. The second-order valence-electron chi connectivity index (χ2n) is 3.66. The van der Waals surface area contributed by atoms with E-state index in [1.165, 1.54) is 4.68 Å². The smallest absolute Gasteiger partial charge is 0.277 e. The number of aromatic amines is 1. The number of aryl methyl sites for hydroxylation is 1. The Morgan fingerprint density at radius 2 is 2.24 bits per heavy atom. The highest BCUT2D eigenvalue weighted by molar-refractivity contribution is 5.75. The van der Waals surface area contributed by atoms with Gasteiger partial charge in [-0.2, -0.15) is 5.10 Å². The topological polar surface area (TPSA) is 76.5 Å². The number of nitrogens with zero attached hydrogens (tertiary/aromatic N) is 4. The molecule has 6 nitrogen and oxygen atoms in total. The molecule has 0 unspecified atom stereocenters. The van der Waals surface area contributed by atoms with Crippen molar-refractivity contribution in [1.82, 2.24) is 24.7 Å². The first-order chi connectivity index (χ1) is 8.25. The summed E-state index contributed by atoms with van der Waals surface area (Å²) < 4.78 is 1.51. The Bertz CT molecular complexity index is 728. The Hall–Kier alpha value is -2.50. The van der Waals surface area contributed by atoms with Gasteiger partial charge in [0.1, 0.15) is 11.3 Å². The van der Waals surface area contributed by atoms with Crippen molar-refractivity contribution in [3.63, 3.8) is 0 Å². The van der Waals surface area contributed by atoms with Gasteiger partial charge in [-0.1, -0.05) is 0 Å². The van der Waals surface area contributed by atoms with E-state index in [1.54, 1.807) is 31.7 Å². The van der Waals surface area contributed by atoms with Crippen molar-refractivity contribution in [3.05, 3.63) is 41.1 Å². The lowest BCUT2D eigenvalue weighted by atomic mass is 10.2. The van der Waals surface area contributed by atoms with Crippen LogP contribution in [0.25, 0.3) is 22.4 Å². The quantitative estimate of drug-likeness (QED) is 0.664. The second-order valence-corrected chi connectivity index (χ2v) is 3.66. The van der Waals surface area contributed by atoms with Gasteiger partial charge in [0.25, 0.3) is 5.56 Å². The fourth-order valence-corrected chi connectivity index (χ4v) is 1.73. The molecule has 0 aliphatic heterocycles. The van der Waals surface area contributed by atoms with Crippen LogP contribution in [-0.2, 0) is 7.05 Å². The van der Waals surface area contributed by atoms with E-state index in [1.807, 2.05) is 6.07 Å². The summed E-state index contributed by atoms with van der Waals surface area (Å²) in [6, 6.07) is 3.64. The molecule has 0 saturated carbocycles. The summed E-state index contributed by atoms with van der Waals surface area (Å²) in [5, 5.41) is 4.01. The van der Waals surface area contributed by atoms with Gasteiger partial charge in [-0.25, -0.2) is 4.98 Å². The van der Waals surface area contributed by atoms with Gasteiger partial charge in [0.2, 0.25) is 0 Å². The molecule has 0 spiro atoms. The zero-order valence-electron chi connectivity index (χ0n) is 9.08. The van der Waals surface area contributed by atoms with Crippen LogP contribution in [0.5, 0.6) is 0 Å². The van der Waals surface area contributed by atoms with Crippen molar-refractivity contribution in [2.75, 3.05) is 0 Å². The van der Waals surface area contributed by atoms with E-state index in [9.17, 15) is 4.79 Å². The first-order valence-corrected chi connectivity index (χ1v) is 5.08. The van der Waals surface area contributed by atoms with Crippen molar-refractivity contribution in [3.8, 4) is 11.4 Å². The van der Waals surface area contributed by atoms with Crippen molar-refractivity contribution in [2.24, 2.45) is 7.05 Å². The molecule has 3 heterocycles. The molecule has 3 rings (SSSR count). The largest absolute Gasteiger partial charge is 0.305 e. The minimum Gasteiger partial charge on any atom is -0.305 e. The van der Waals surface area contributed by atoms with Crippen molar-refractivity contribution in [1.29, 1.82) is 0 Å². The summed E-state index contributed by atoms with van der Waals surface area (Å²) >= 11 is 0. The molecular formula is C11H9N5O. The van der Waals surface area contributed by atoms with Crippen LogP contribution in [0, 0.1) is 0 Å². The molecule has 0 bridgehead atoms. The lowest BCUT2D eigenvalue weighted by molar-refractivity contribution is 0.792. The molecule has 84 valence electrons. The molecule has 0 aliphatic rings. The molecule has 0 aliphatic carbocycles. The van der Waals surface area contributed by atoms with Gasteiger partial charge in [-0.15, -0.1) is 0 Å². The number of aromatic nitrogens is 5. The number of hydrogen-bond donors (Lipinski definition) is 1. The minimum atomic E-state index is -0.200. The van der Waals surface area contributed by atoms with E-state index in [-0.39, 0.29) is 5.56 Å². The summed E-state index contributed by atoms with van der Waals surface area (Å²) in [6.07, 6.45) is 4.90. The van der Waals surface area contributed by atoms with Crippen LogP contribution in [0.3, 0.4) is 0 Å². The number of fused-ring (bicyclic) bond motifs is 1. The first kappa shape index (κ1) is 9.71. The van der Waals surface area contributed by atoms with E-state index in [0.717, 1.165) is 5.56 Å². The molecule has 6 heteroatoms. The molecule has 0 amide bonds. The summed E-state index contributed by atoms with van der Waals surface area (Å²) in [5.74, 6) is 0.503. The molecule has 0 atom stereocenters. The monoisotopic (exact) mass is 227 g/mol. The fraction of sp³-hybridized carbons (Fsp3) is 0.0909. The number of rotatable bonds is 1. The van der Waals surface area contributed by atoms with Crippen LogP contribution in [0.1, 0.15) is 0 Å². The predicted molar refractivity (Wildman–Crippen MR) is 62.4 cm³/mol. The Morgan fingerprint density at radius 3 is 3.00 bits per heavy atom. The third kappa shape index (κ3) is 1.50. The third-order valence-electron chi connectivity index (χ3n) is 2.53. The van der Waals surface area contributed by atoms with Crippen LogP contribution < -0.4 is 5.56 Å². The molecule has 0 saturated heterocycles. The van der Waals surface area contributed by atoms with Gasteiger partial charge in [0.05, 0.1) is 6.20 Å². The number of nitrogens with one attached hydrogen (secondary N) is 1. The highest BCUT2D eigenvalue weighted by atomic mass is 16.1. The van der Waals surface area contributed by atoms with Crippen LogP contribution >= 0.6 is 0 Å². The molecule has 17 heavy (non-hydrogen) atoms. The molecule has 3 aromatic rings. The third-order valence-corrected chi connectivity index (χ3v) is 2.53. The van der Waals surface area contributed by atoms with Gasteiger partial charge in [0, 0.05) is 25.0 Å². The average Bonchev–Trinajstić information content (AvgIpc) is 2.73. The van der Waals surface area contributed by atoms with Gasteiger partial charge in [-0.05, 0) is 12.1 Å². The number of hydrogen-bond acceptors (Lipinski definition) is 4. The molecule has 1 N–H and O–H groups in total. The van der Waals surface area contributed by atoms with Crippen LogP contribution in [-0.4, -0.2) is 24.7 Å². The van der Waals surface area contributed by atoms with Crippen LogP contribution in [0.2, 0.25) is 0 Å². The Morgan fingerprint density at radius 1 is 1.35 bits per heavy atom. The Balaban J connectivity index is 2.30. The standard InChI is InChI=1S/C11H9N5O/c1-16-9-8(6-13-16)14-10(15-11(9)17)7-3-2-4-12-5-7/h2-6H,1H3,(H,14,15,17). The second kappa shape index (κ2) is 3.51. The normalized spacial score (nSPS) is 10.9. The van der Waals surface area contributed by atoms with Crippen molar-refractivity contribution < 1.29 is 0 Å². The molecular weight excluding hydrogens is 218 g/mol. The van der Waals surface area contributed by atoms with E-state index >= 15 is 0 Å². The molecule has 0 radical (unpaired) electrons. The molecule has 3 aromatic heterocycles. The zero-order chi connectivity index (χ0) is 11.8. The minimum absolute atomic E-state index is 0.200. The lowest BCUT2D eigenvalue weighted by Crippen LogP contribution is -2.12. The average molecular weight is 227 g/mol. The fourth-order valence-electron chi connectivity index (χ4n) is 1.73. The summed E-state index contributed by atoms with van der Waals surface area (Å²) in [7, 11) is 1.71. The first-order valence-electron chi connectivity index (χ1n) is 5.08. The van der Waals surface area contributed by atoms with Crippen LogP contribution in [0.4, 0.5) is 0 Å². The highest BCUT2D eigenvalue weighted by Gasteiger charge is 2.09. The van der Waals surface area contributed by atoms with E-state index < -0.39 is 0 Å². The van der Waals surface area contributed by atoms with E-state index in [4.69, 9.17) is 0 Å². The number of pyridine rings is 1. The van der Waals surface area contributed by atoms with Gasteiger partial charge in [0.15, 0.2) is 5.52 Å². The van der Waals surface area contributed by atoms with Crippen molar-refractivity contribution >= 4 is 11.0 Å². The number of H-pyrrole nitrogens is 1. The van der Waals surface area contributed by atoms with Gasteiger partial charge in [-0.3, -0.25) is 14.5 Å². The van der Waals surface area contributed by atoms with Gasteiger partial charge < -0.3 is 4.98 Å². The molecule has 0 fully saturated rings. The SMILES string of the molecule is Cn1ncc2nc(-c3cccnc3)[nH]c(=O)c21. The molecule has 0 aromatic carbocycles. The highest BCUT2D eigenvalue weighted by Crippen LogP contribution is 2.13. The maximum atomic E-state index is 11.9. The zero-order valence-corrected chi connectivity index (χ0v) is 9.08.